The van der Waals surface area contributed by atoms with Gasteiger partial charge in [0.2, 0.25) is 5.91 Å². The van der Waals surface area contributed by atoms with E-state index in [0.717, 1.165) is 19.4 Å². The SMILES string of the molecule is O=C(O)CC[C@H](NC(=O)CC1CCCN1)C(=O)O. The lowest BCUT2D eigenvalue weighted by Gasteiger charge is -2.15. The van der Waals surface area contributed by atoms with Crippen LogP contribution < -0.4 is 10.6 Å². The highest BCUT2D eigenvalue weighted by molar-refractivity contribution is 5.84. The van der Waals surface area contributed by atoms with Crippen molar-refractivity contribution in [1.82, 2.24) is 10.6 Å². The van der Waals surface area contributed by atoms with Gasteiger partial charge in [0.25, 0.3) is 0 Å². The molecule has 0 aromatic heterocycles. The van der Waals surface area contributed by atoms with Gasteiger partial charge in [0.15, 0.2) is 0 Å². The maximum absolute atomic E-state index is 11.6. The van der Waals surface area contributed by atoms with Crippen LogP contribution in [-0.2, 0) is 14.4 Å². The van der Waals surface area contributed by atoms with Crippen LogP contribution in [0.25, 0.3) is 0 Å². The number of carboxylic acids is 2. The summed E-state index contributed by atoms with van der Waals surface area (Å²) in [5.41, 5.74) is 0. The van der Waals surface area contributed by atoms with Crippen LogP contribution >= 0.6 is 0 Å². The molecule has 7 heteroatoms. The van der Waals surface area contributed by atoms with Gasteiger partial charge in [-0.25, -0.2) is 4.79 Å². The minimum atomic E-state index is -1.20. The largest absolute Gasteiger partial charge is 0.481 e. The van der Waals surface area contributed by atoms with Crippen LogP contribution in [0.1, 0.15) is 32.1 Å². The van der Waals surface area contributed by atoms with Crippen molar-refractivity contribution < 1.29 is 24.6 Å². The summed E-state index contributed by atoms with van der Waals surface area (Å²) in [6.45, 7) is 0.874. The highest BCUT2D eigenvalue weighted by atomic mass is 16.4. The molecule has 0 aliphatic carbocycles. The second-order valence-corrected chi connectivity index (χ2v) is 4.39. The summed E-state index contributed by atoms with van der Waals surface area (Å²) in [5, 5.41) is 22.9. The van der Waals surface area contributed by atoms with Gasteiger partial charge < -0.3 is 20.8 Å². The summed E-state index contributed by atoms with van der Waals surface area (Å²) in [7, 11) is 0. The van der Waals surface area contributed by atoms with E-state index in [1.165, 1.54) is 0 Å². The standard InChI is InChI=1S/C11H18N2O5/c14-9(6-7-2-1-5-12-7)13-8(11(17)18)3-4-10(15)16/h7-8,12H,1-6H2,(H,13,14)(H,15,16)(H,17,18)/t7?,8-/m0/s1. The van der Waals surface area contributed by atoms with Crippen molar-refractivity contribution in [3.8, 4) is 0 Å². The number of carboxylic acid groups (broad SMARTS) is 2. The molecule has 1 aliphatic heterocycles. The summed E-state index contributed by atoms with van der Waals surface area (Å²) >= 11 is 0. The van der Waals surface area contributed by atoms with Crippen LogP contribution in [-0.4, -0.2) is 46.7 Å². The fourth-order valence-corrected chi connectivity index (χ4v) is 1.93. The number of aliphatic carboxylic acids is 2. The minimum absolute atomic E-state index is 0.0962. The van der Waals surface area contributed by atoms with Crippen LogP contribution in [0.3, 0.4) is 0 Å². The molecule has 4 N–H and O–H groups in total. The molecule has 1 unspecified atom stereocenters. The van der Waals surface area contributed by atoms with E-state index in [-0.39, 0.29) is 31.2 Å². The predicted octanol–water partition coefficient (Wildman–Crippen LogP) is -0.437. The first-order valence-corrected chi connectivity index (χ1v) is 5.96. The molecule has 1 heterocycles. The Kier molecular flexibility index (Phi) is 5.57. The van der Waals surface area contributed by atoms with Gasteiger partial charge in [-0.15, -0.1) is 0 Å². The molecule has 102 valence electrons. The first-order chi connectivity index (χ1) is 8.49. The van der Waals surface area contributed by atoms with Crippen molar-refractivity contribution in [3.05, 3.63) is 0 Å². The summed E-state index contributed by atoms with van der Waals surface area (Å²) in [5.74, 6) is -2.64. The minimum Gasteiger partial charge on any atom is -0.481 e. The normalized spacial score (nSPS) is 20.3. The Balaban J connectivity index is 2.36. The molecule has 0 aromatic rings. The summed E-state index contributed by atoms with van der Waals surface area (Å²) in [6.07, 6.45) is 1.77. The number of hydrogen-bond acceptors (Lipinski definition) is 4. The van der Waals surface area contributed by atoms with E-state index in [2.05, 4.69) is 10.6 Å². The summed E-state index contributed by atoms with van der Waals surface area (Å²) in [4.78, 5) is 32.8. The Bertz CT molecular complexity index is 325. The highest BCUT2D eigenvalue weighted by Crippen LogP contribution is 2.09. The maximum Gasteiger partial charge on any atom is 0.326 e. The Hall–Kier alpha value is -1.63. The number of amides is 1. The molecular weight excluding hydrogens is 240 g/mol. The van der Waals surface area contributed by atoms with Crippen LogP contribution in [0, 0.1) is 0 Å². The fraction of sp³-hybridized carbons (Fsp3) is 0.727. The second-order valence-electron chi connectivity index (χ2n) is 4.39. The number of carbonyl (C=O) groups excluding carboxylic acids is 1. The lowest BCUT2D eigenvalue weighted by atomic mass is 10.1. The van der Waals surface area contributed by atoms with Crippen molar-refractivity contribution >= 4 is 17.8 Å². The van der Waals surface area contributed by atoms with E-state index in [9.17, 15) is 14.4 Å². The zero-order valence-electron chi connectivity index (χ0n) is 10.0. The molecule has 0 radical (unpaired) electrons. The monoisotopic (exact) mass is 258 g/mol. The molecule has 0 bridgehead atoms. The number of nitrogens with one attached hydrogen (secondary N) is 2. The zero-order chi connectivity index (χ0) is 13.5. The van der Waals surface area contributed by atoms with Gasteiger partial charge in [-0.3, -0.25) is 9.59 Å². The molecule has 7 nitrogen and oxygen atoms in total. The number of rotatable bonds is 7. The third-order valence-corrected chi connectivity index (χ3v) is 2.87. The van der Waals surface area contributed by atoms with Crippen molar-refractivity contribution in [1.29, 1.82) is 0 Å². The highest BCUT2D eigenvalue weighted by Gasteiger charge is 2.23. The van der Waals surface area contributed by atoms with Gasteiger partial charge in [-0.1, -0.05) is 0 Å². The van der Waals surface area contributed by atoms with Gasteiger partial charge in [0.05, 0.1) is 0 Å². The molecular formula is C11H18N2O5. The van der Waals surface area contributed by atoms with Crippen molar-refractivity contribution in [2.24, 2.45) is 0 Å². The van der Waals surface area contributed by atoms with Crippen molar-refractivity contribution in [2.75, 3.05) is 6.54 Å². The predicted molar refractivity (Wildman–Crippen MR) is 62.1 cm³/mol. The van der Waals surface area contributed by atoms with E-state index >= 15 is 0 Å². The first kappa shape index (κ1) is 14.4. The average molecular weight is 258 g/mol. The van der Waals surface area contributed by atoms with Gasteiger partial charge in [0, 0.05) is 18.9 Å². The third-order valence-electron chi connectivity index (χ3n) is 2.87. The van der Waals surface area contributed by atoms with Crippen LogP contribution in [0.5, 0.6) is 0 Å². The topological polar surface area (TPSA) is 116 Å². The third kappa shape index (κ3) is 5.13. The summed E-state index contributed by atoms with van der Waals surface area (Å²) in [6, 6.07) is -1.03. The van der Waals surface area contributed by atoms with Gasteiger partial charge in [-0.05, 0) is 25.8 Å². The smallest absolute Gasteiger partial charge is 0.326 e. The molecule has 1 fully saturated rings. The summed E-state index contributed by atoms with van der Waals surface area (Å²) < 4.78 is 0. The van der Waals surface area contributed by atoms with Crippen molar-refractivity contribution in [2.45, 2.75) is 44.2 Å². The lowest BCUT2D eigenvalue weighted by molar-refractivity contribution is -0.143. The van der Waals surface area contributed by atoms with Crippen LogP contribution in [0.15, 0.2) is 0 Å². The second kappa shape index (κ2) is 6.95. The number of hydrogen-bond donors (Lipinski definition) is 4. The molecule has 2 atom stereocenters. The van der Waals surface area contributed by atoms with E-state index in [4.69, 9.17) is 10.2 Å². The Labute approximate surface area is 105 Å². The molecule has 0 spiro atoms. The van der Waals surface area contributed by atoms with Gasteiger partial charge in [0.1, 0.15) is 6.04 Å². The van der Waals surface area contributed by atoms with Gasteiger partial charge in [-0.2, -0.15) is 0 Å². The van der Waals surface area contributed by atoms with E-state index in [0.29, 0.717) is 0 Å². The first-order valence-electron chi connectivity index (χ1n) is 5.96. The van der Waals surface area contributed by atoms with Crippen LogP contribution in [0.4, 0.5) is 0 Å². The Morgan fingerprint density at radius 2 is 2.06 bits per heavy atom. The molecule has 1 amide bonds. The molecule has 1 rings (SSSR count). The fourth-order valence-electron chi connectivity index (χ4n) is 1.93. The maximum atomic E-state index is 11.6. The zero-order valence-corrected chi connectivity index (χ0v) is 10.0. The Morgan fingerprint density at radius 1 is 1.33 bits per heavy atom. The molecule has 1 saturated heterocycles. The van der Waals surface area contributed by atoms with Crippen LogP contribution in [0.2, 0.25) is 0 Å². The Morgan fingerprint density at radius 3 is 2.56 bits per heavy atom. The molecule has 18 heavy (non-hydrogen) atoms. The molecule has 1 aliphatic rings. The average Bonchev–Trinajstić information content (AvgIpc) is 2.76. The van der Waals surface area contributed by atoms with E-state index in [1.54, 1.807) is 0 Å². The van der Waals surface area contributed by atoms with Gasteiger partial charge >= 0.3 is 11.9 Å². The number of carbonyl (C=O) groups is 3. The van der Waals surface area contributed by atoms with Crippen molar-refractivity contribution in [3.63, 3.8) is 0 Å². The van der Waals surface area contributed by atoms with E-state index < -0.39 is 18.0 Å². The molecule has 0 aromatic carbocycles. The lowest BCUT2D eigenvalue weighted by Crippen LogP contribution is -2.43. The molecule has 0 saturated carbocycles. The van der Waals surface area contributed by atoms with E-state index in [1.807, 2.05) is 0 Å². The quantitative estimate of drug-likeness (QED) is 0.492.